The number of aromatic nitrogens is 2. The van der Waals surface area contributed by atoms with E-state index in [0.29, 0.717) is 22.0 Å². The van der Waals surface area contributed by atoms with Crippen molar-refractivity contribution in [3.05, 3.63) is 45.7 Å². The fourth-order valence-electron chi connectivity index (χ4n) is 1.48. The largest absolute Gasteiger partial charge is 0.296 e. The van der Waals surface area contributed by atoms with Crippen molar-refractivity contribution in [3.63, 3.8) is 0 Å². The van der Waals surface area contributed by atoms with Gasteiger partial charge in [-0.05, 0) is 31.2 Å². The van der Waals surface area contributed by atoms with Gasteiger partial charge in [-0.2, -0.15) is 5.10 Å². The fraction of sp³-hybridized carbons (Fsp3) is 0.0909. The summed E-state index contributed by atoms with van der Waals surface area (Å²) in [6.45, 7) is 1.86. The summed E-state index contributed by atoms with van der Waals surface area (Å²) >= 11 is 11.8. The molecule has 0 atom stereocenters. The Labute approximate surface area is 103 Å². The predicted molar refractivity (Wildman–Crippen MR) is 63.7 cm³/mol. The van der Waals surface area contributed by atoms with Crippen LogP contribution < -0.4 is 0 Å². The molecule has 1 aromatic heterocycles. The highest BCUT2D eigenvalue weighted by Gasteiger charge is 2.07. The monoisotopic (exact) mass is 254 g/mol. The second kappa shape index (κ2) is 4.28. The zero-order chi connectivity index (χ0) is 11.7. The van der Waals surface area contributed by atoms with Crippen LogP contribution in [0, 0.1) is 6.92 Å². The average molecular weight is 255 g/mol. The molecule has 0 saturated heterocycles. The third kappa shape index (κ3) is 2.10. The van der Waals surface area contributed by atoms with E-state index in [4.69, 9.17) is 23.2 Å². The van der Waals surface area contributed by atoms with Crippen LogP contribution in [0.3, 0.4) is 0 Å². The molecule has 1 aromatic carbocycles. The minimum Gasteiger partial charge on any atom is -0.296 e. The van der Waals surface area contributed by atoms with Gasteiger partial charge in [-0.3, -0.25) is 4.79 Å². The van der Waals surface area contributed by atoms with E-state index in [1.807, 2.05) is 6.92 Å². The molecule has 0 unspecified atom stereocenters. The Hall–Kier alpha value is -1.32. The predicted octanol–water partition coefficient (Wildman–Crippen LogP) is 3.30. The molecule has 0 bridgehead atoms. The molecule has 16 heavy (non-hydrogen) atoms. The lowest BCUT2D eigenvalue weighted by Gasteiger charge is -2.05. The molecule has 0 amide bonds. The first kappa shape index (κ1) is 11.2. The third-order valence-electron chi connectivity index (χ3n) is 2.12. The van der Waals surface area contributed by atoms with Gasteiger partial charge < -0.3 is 0 Å². The highest BCUT2D eigenvalue weighted by molar-refractivity contribution is 6.34. The zero-order valence-electron chi connectivity index (χ0n) is 8.45. The summed E-state index contributed by atoms with van der Waals surface area (Å²) in [5, 5.41) is 5.18. The summed E-state index contributed by atoms with van der Waals surface area (Å²) in [6, 6.07) is 6.82. The molecule has 0 saturated carbocycles. The van der Waals surface area contributed by atoms with E-state index in [9.17, 15) is 4.79 Å². The molecule has 5 heteroatoms. The number of aldehydes is 1. The number of carbonyl (C=O) groups excluding carboxylic acids is 1. The second-order valence-corrected chi connectivity index (χ2v) is 4.24. The Morgan fingerprint density at radius 2 is 1.81 bits per heavy atom. The molecule has 0 fully saturated rings. The lowest BCUT2D eigenvalue weighted by molar-refractivity contribution is 0.111. The van der Waals surface area contributed by atoms with Gasteiger partial charge in [0.25, 0.3) is 0 Å². The molecule has 1 heterocycles. The van der Waals surface area contributed by atoms with Crippen molar-refractivity contribution in [2.45, 2.75) is 6.92 Å². The summed E-state index contributed by atoms with van der Waals surface area (Å²) in [4.78, 5) is 10.6. The van der Waals surface area contributed by atoms with Gasteiger partial charge in [0.15, 0.2) is 6.29 Å². The van der Waals surface area contributed by atoms with Crippen molar-refractivity contribution < 1.29 is 4.79 Å². The summed E-state index contributed by atoms with van der Waals surface area (Å²) in [6.07, 6.45) is 0.704. The Morgan fingerprint density at radius 1 is 1.19 bits per heavy atom. The number of nitrogens with zero attached hydrogens (tertiary/aromatic N) is 2. The maximum atomic E-state index is 10.6. The third-order valence-corrected chi connectivity index (χ3v) is 2.56. The van der Waals surface area contributed by atoms with Crippen LogP contribution in [-0.4, -0.2) is 16.1 Å². The van der Waals surface area contributed by atoms with E-state index in [-0.39, 0.29) is 0 Å². The molecule has 0 aliphatic rings. The van der Waals surface area contributed by atoms with Gasteiger partial charge in [-0.15, -0.1) is 0 Å². The van der Waals surface area contributed by atoms with Crippen LogP contribution in [0.15, 0.2) is 24.3 Å². The molecule has 0 N–H and O–H groups in total. The maximum Gasteiger partial charge on any atom is 0.170 e. The molecule has 2 rings (SSSR count). The van der Waals surface area contributed by atoms with Crippen molar-refractivity contribution in [1.82, 2.24) is 9.78 Å². The quantitative estimate of drug-likeness (QED) is 0.771. The molecular formula is C11H8Cl2N2O. The van der Waals surface area contributed by atoms with Gasteiger partial charge in [0.1, 0.15) is 5.69 Å². The highest BCUT2D eigenvalue weighted by atomic mass is 35.5. The standard InChI is InChI=1S/C11H8Cl2N2O/c1-7-2-10(6-16)14-15(7)11-4-8(12)3-9(13)5-11/h2-6H,1H3. The first-order chi connectivity index (χ1) is 7.60. The molecule has 3 nitrogen and oxygen atoms in total. The SMILES string of the molecule is Cc1cc(C=O)nn1-c1cc(Cl)cc(Cl)c1. The molecule has 0 spiro atoms. The lowest BCUT2D eigenvalue weighted by Crippen LogP contribution is -1.99. The first-order valence-corrected chi connectivity index (χ1v) is 5.34. The van der Waals surface area contributed by atoms with Gasteiger partial charge in [0.2, 0.25) is 0 Å². The Balaban J connectivity index is 2.57. The number of halogens is 2. The molecular weight excluding hydrogens is 247 g/mol. The van der Waals surface area contributed by atoms with E-state index < -0.39 is 0 Å². The van der Waals surface area contributed by atoms with Crippen molar-refractivity contribution in [2.75, 3.05) is 0 Å². The van der Waals surface area contributed by atoms with Gasteiger partial charge in [0, 0.05) is 15.7 Å². The molecule has 2 aromatic rings. The van der Waals surface area contributed by atoms with Crippen LogP contribution in [0.4, 0.5) is 0 Å². The lowest BCUT2D eigenvalue weighted by atomic mass is 10.3. The fourth-order valence-corrected chi connectivity index (χ4v) is 1.99. The van der Waals surface area contributed by atoms with E-state index in [1.165, 1.54) is 0 Å². The highest BCUT2D eigenvalue weighted by Crippen LogP contribution is 2.22. The summed E-state index contributed by atoms with van der Waals surface area (Å²) in [5.41, 5.74) is 1.97. The van der Waals surface area contributed by atoms with Crippen LogP contribution in [0.2, 0.25) is 10.0 Å². The van der Waals surface area contributed by atoms with Crippen molar-refractivity contribution in [3.8, 4) is 5.69 Å². The van der Waals surface area contributed by atoms with E-state index in [2.05, 4.69) is 5.10 Å². The molecule has 0 radical (unpaired) electrons. The molecule has 0 aliphatic carbocycles. The smallest absolute Gasteiger partial charge is 0.170 e. The van der Waals surface area contributed by atoms with Gasteiger partial charge in [-0.25, -0.2) is 4.68 Å². The number of hydrogen-bond acceptors (Lipinski definition) is 2. The molecule has 0 aliphatic heterocycles. The number of rotatable bonds is 2. The van der Waals surface area contributed by atoms with E-state index in [0.717, 1.165) is 11.4 Å². The van der Waals surface area contributed by atoms with E-state index >= 15 is 0 Å². The first-order valence-electron chi connectivity index (χ1n) is 4.58. The second-order valence-electron chi connectivity index (χ2n) is 3.37. The zero-order valence-corrected chi connectivity index (χ0v) is 9.96. The van der Waals surface area contributed by atoms with Crippen LogP contribution >= 0.6 is 23.2 Å². The van der Waals surface area contributed by atoms with Crippen LogP contribution in [-0.2, 0) is 0 Å². The van der Waals surface area contributed by atoms with Gasteiger partial charge in [-0.1, -0.05) is 23.2 Å². The summed E-state index contributed by atoms with van der Waals surface area (Å²) < 4.78 is 1.63. The van der Waals surface area contributed by atoms with Crippen molar-refractivity contribution in [1.29, 1.82) is 0 Å². The Morgan fingerprint density at radius 3 is 2.31 bits per heavy atom. The van der Waals surface area contributed by atoms with Crippen molar-refractivity contribution in [2.24, 2.45) is 0 Å². The van der Waals surface area contributed by atoms with E-state index in [1.54, 1.807) is 28.9 Å². The number of hydrogen-bond donors (Lipinski definition) is 0. The topological polar surface area (TPSA) is 34.9 Å². The average Bonchev–Trinajstić information content (AvgIpc) is 2.58. The minimum absolute atomic E-state index is 0.383. The minimum atomic E-state index is 0.383. The van der Waals surface area contributed by atoms with Crippen molar-refractivity contribution >= 4 is 29.5 Å². The number of carbonyl (C=O) groups is 1. The number of benzene rings is 1. The van der Waals surface area contributed by atoms with Crippen LogP contribution in [0.1, 0.15) is 16.2 Å². The van der Waals surface area contributed by atoms with Crippen LogP contribution in [0.25, 0.3) is 5.69 Å². The maximum absolute atomic E-state index is 10.6. The number of aryl methyl sites for hydroxylation is 1. The Kier molecular flexibility index (Phi) is 2.99. The van der Waals surface area contributed by atoms with Gasteiger partial charge in [0.05, 0.1) is 5.69 Å². The normalized spacial score (nSPS) is 10.4. The Bertz CT molecular complexity index is 529. The molecule has 82 valence electrons. The summed E-state index contributed by atoms with van der Waals surface area (Å²) in [5.74, 6) is 0. The van der Waals surface area contributed by atoms with Gasteiger partial charge >= 0.3 is 0 Å². The summed E-state index contributed by atoms with van der Waals surface area (Å²) in [7, 11) is 0. The van der Waals surface area contributed by atoms with Crippen LogP contribution in [0.5, 0.6) is 0 Å².